The third kappa shape index (κ3) is 4.76. The highest BCUT2D eigenvalue weighted by molar-refractivity contribution is 7.99. The maximum Gasteiger partial charge on any atom is 0.316 e. The molecule has 0 aliphatic carbocycles. The highest BCUT2D eigenvalue weighted by atomic mass is 32.2. The van der Waals surface area contributed by atoms with Crippen molar-refractivity contribution in [1.29, 1.82) is 5.26 Å². The summed E-state index contributed by atoms with van der Waals surface area (Å²) in [5.41, 5.74) is 3.03. The van der Waals surface area contributed by atoms with Crippen LogP contribution < -0.4 is 0 Å². The smallest absolute Gasteiger partial charge is 0.316 e. The Balaban J connectivity index is 2.04. The van der Waals surface area contributed by atoms with Crippen molar-refractivity contribution in [2.45, 2.75) is 25.0 Å². The van der Waals surface area contributed by atoms with Gasteiger partial charge in [0.1, 0.15) is 11.1 Å². The quantitative estimate of drug-likeness (QED) is 0.414. The highest BCUT2D eigenvalue weighted by Gasteiger charge is 2.17. The molecule has 2 heterocycles. The lowest BCUT2D eigenvalue weighted by molar-refractivity contribution is -0.144. The summed E-state index contributed by atoms with van der Waals surface area (Å²) < 4.78 is 5.19. The van der Waals surface area contributed by atoms with Crippen LogP contribution >= 0.6 is 23.1 Å². The van der Waals surface area contributed by atoms with Gasteiger partial charge in [0.15, 0.2) is 0 Å². The largest absolute Gasteiger partial charge is 0.462 e. The van der Waals surface area contributed by atoms with Crippen molar-refractivity contribution < 1.29 is 9.53 Å². The van der Waals surface area contributed by atoms with E-state index in [1.807, 2.05) is 67.8 Å². The van der Waals surface area contributed by atoms with Crippen molar-refractivity contribution >= 4 is 29.1 Å². The Hall–Kier alpha value is -2.62. The van der Waals surface area contributed by atoms with Crippen molar-refractivity contribution in [3.63, 3.8) is 0 Å². The Kier molecular flexibility index (Phi) is 6.28. The second-order valence-electron chi connectivity index (χ2n) is 6.02. The minimum absolute atomic E-state index is 0.113. The maximum absolute atomic E-state index is 11.9. The average molecular weight is 395 g/mol. The first kappa shape index (κ1) is 19.2. The minimum Gasteiger partial charge on any atom is -0.462 e. The van der Waals surface area contributed by atoms with Gasteiger partial charge in [-0.3, -0.25) is 4.79 Å². The standard InChI is InChI=1S/C21H18N2O2S2/c1-14(2)25-20(24)13-27-21-17(12-22)16(15-7-4-3-5-8-15)11-18(23-21)19-9-6-10-26-19/h3-11,14H,13H2,1-2H3. The Morgan fingerprint density at radius 2 is 2.04 bits per heavy atom. The van der Waals surface area contributed by atoms with Crippen LogP contribution in [-0.2, 0) is 9.53 Å². The molecule has 0 fully saturated rings. The molecule has 3 aromatic rings. The molecule has 6 heteroatoms. The number of nitriles is 1. The number of ether oxygens (including phenoxy) is 1. The second kappa shape index (κ2) is 8.85. The molecule has 0 unspecified atom stereocenters. The fraction of sp³-hybridized carbons (Fsp3) is 0.190. The molecule has 0 bridgehead atoms. The lowest BCUT2D eigenvalue weighted by Gasteiger charge is -2.12. The van der Waals surface area contributed by atoms with E-state index in [1.54, 1.807) is 11.3 Å². The van der Waals surface area contributed by atoms with Gasteiger partial charge >= 0.3 is 5.97 Å². The average Bonchev–Trinajstić information content (AvgIpc) is 3.20. The zero-order chi connectivity index (χ0) is 19.2. The molecular formula is C21H18N2O2S2. The van der Waals surface area contributed by atoms with Crippen molar-refractivity contribution in [2.24, 2.45) is 0 Å². The van der Waals surface area contributed by atoms with Gasteiger partial charge in [-0.2, -0.15) is 5.26 Å². The van der Waals surface area contributed by atoms with Gasteiger partial charge in [-0.1, -0.05) is 48.2 Å². The predicted molar refractivity (Wildman–Crippen MR) is 110 cm³/mol. The lowest BCUT2D eigenvalue weighted by atomic mass is 10.0. The first-order chi connectivity index (χ1) is 13.1. The molecule has 0 saturated carbocycles. The summed E-state index contributed by atoms with van der Waals surface area (Å²) in [5.74, 6) is -0.203. The Bertz CT molecular complexity index is 962. The van der Waals surface area contributed by atoms with E-state index < -0.39 is 0 Å². The predicted octanol–water partition coefficient (Wildman–Crippen LogP) is 5.39. The normalized spacial score (nSPS) is 10.6. The fourth-order valence-corrected chi connectivity index (χ4v) is 4.03. The molecule has 0 saturated heterocycles. The number of hydrogen-bond acceptors (Lipinski definition) is 6. The molecular weight excluding hydrogens is 376 g/mol. The Morgan fingerprint density at radius 3 is 2.67 bits per heavy atom. The van der Waals surface area contributed by atoms with Crippen molar-refractivity contribution in [3.05, 3.63) is 59.5 Å². The molecule has 0 N–H and O–H groups in total. The Morgan fingerprint density at radius 1 is 1.26 bits per heavy atom. The number of rotatable bonds is 6. The van der Waals surface area contributed by atoms with E-state index in [2.05, 4.69) is 11.1 Å². The molecule has 2 aromatic heterocycles. The molecule has 4 nitrogen and oxygen atoms in total. The number of thioether (sulfide) groups is 1. The topological polar surface area (TPSA) is 63.0 Å². The van der Waals surface area contributed by atoms with Gasteiger partial charge in [-0.25, -0.2) is 4.98 Å². The number of pyridine rings is 1. The SMILES string of the molecule is CC(C)OC(=O)CSc1nc(-c2cccs2)cc(-c2ccccc2)c1C#N. The van der Waals surface area contributed by atoms with Gasteiger partial charge in [-0.05, 0) is 36.9 Å². The third-order valence-corrected chi connectivity index (χ3v) is 5.49. The lowest BCUT2D eigenvalue weighted by Crippen LogP contribution is -2.13. The van der Waals surface area contributed by atoms with Crippen LogP contribution in [0.25, 0.3) is 21.7 Å². The van der Waals surface area contributed by atoms with Crippen LogP contribution in [0.4, 0.5) is 0 Å². The van der Waals surface area contributed by atoms with E-state index in [0.29, 0.717) is 10.6 Å². The molecule has 27 heavy (non-hydrogen) atoms. The van der Waals surface area contributed by atoms with Crippen LogP contribution in [-0.4, -0.2) is 22.8 Å². The molecule has 0 radical (unpaired) electrons. The summed E-state index contributed by atoms with van der Waals surface area (Å²) in [4.78, 5) is 17.6. The van der Waals surface area contributed by atoms with Gasteiger partial charge in [0, 0.05) is 5.56 Å². The molecule has 3 rings (SSSR count). The van der Waals surface area contributed by atoms with Gasteiger partial charge in [0.05, 0.1) is 28.0 Å². The van der Waals surface area contributed by atoms with Crippen molar-refractivity contribution in [2.75, 3.05) is 5.75 Å². The number of thiophene rings is 1. The number of carbonyl (C=O) groups is 1. The first-order valence-corrected chi connectivity index (χ1v) is 10.3. The van der Waals surface area contributed by atoms with E-state index in [1.165, 1.54) is 11.8 Å². The van der Waals surface area contributed by atoms with Gasteiger partial charge < -0.3 is 4.74 Å². The van der Waals surface area contributed by atoms with Crippen LogP contribution in [0, 0.1) is 11.3 Å². The van der Waals surface area contributed by atoms with Crippen LogP contribution in [0.5, 0.6) is 0 Å². The number of carbonyl (C=O) groups excluding carboxylic acids is 1. The molecule has 0 aliphatic rings. The fourth-order valence-electron chi connectivity index (χ4n) is 2.55. The highest BCUT2D eigenvalue weighted by Crippen LogP contribution is 2.35. The van der Waals surface area contributed by atoms with E-state index in [0.717, 1.165) is 21.7 Å². The number of hydrogen-bond donors (Lipinski definition) is 0. The first-order valence-electron chi connectivity index (χ1n) is 8.45. The van der Waals surface area contributed by atoms with Crippen LogP contribution in [0.3, 0.4) is 0 Å². The van der Waals surface area contributed by atoms with Crippen molar-refractivity contribution in [3.8, 4) is 27.8 Å². The number of aromatic nitrogens is 1. The summed E-state index contributed by atoms with van der Waals surface area (Å²) in [6.45, 7) is 3.62. The monoisotopic (exact) mass is 394 g/mol. The number of nitrogens with zero attached hydrogens (tertiary/aromatic N) is 2. The van der Waals surface area contributed by atoms with Crippen LogP contribution in [0.2, 0.25) is 0 Å². The third-order valence-electron chi connectivity index (χ3n) is 3.65. The summed E-state index contributed by atoms with van der Waals surface area (Å²) in [5, 5.41) is 12.3. The van der Waals surface area contributed by atoms with Crippen molar-refractivity contribution in [1.82, 2.24) is 4.98 Å². The Labute approximate surface area is 166 Å². The summed E-state index contributed by atoms with van der Waals surface area (Å²) in [6.07, 6.45) is -0.168. The van der Waals surface area contributed by atoms with Gasteiger partial charge in [-0.15, -0.1) is 11.3 Å². The summed E-state index contributed by atoms with van der Waals surface area (Å²) >= 11 is 2.83. The summed E-state index contributed by atoms with van der Waals surface area (Å²) in [7, 11) is 0. The van der Waals surface area contributed by atoms with E-state index in [-0.39, 0.29) is 17.8 Å². The molecule has 0 spiro atoms. The molecule has 0 amide bonds. The van der Waals surface area contributed by atoms with Crippen LogP contribution in [0.15, 0.2) is 58.9 Å². The van der Waals surface area contributed by atoms with Gasteiger partial charge in [0.25, 0.3) is 0 Å². The maximum atomic E-state index is 11.9. The molecule has 0 aliphatic heterocycles. The molecule has 1 aromatic carbocycles. The van der Waals surface area contributed by atoms with E-state index in [4.69, 9.17) is 4.74 Å². The zero-order valence-electron chi connectivity index (χ0n) is 15.0. The second-order valence-corrected chi connectivity index (χ2v) is 7.93. The zero-order valence-corrected chi connectivity index (χ0v) is 16.6. The van der Waals surface area contributed by atoms with E-state index in [9.17, 15) is 10.1 Å². The molecule has 136 valence electrons. The summed E-state index contributed by atoms with van der Waals surface area (Å²) in [6, 6.07) is 17.9. The molecule has 0 atom stereocenters. The number of esters is 1. The van der Waals surface area contributed by atoms with Crippen LogP contribution in [0.1, 0.15) is 19.4 Å². The minimum atomic E-state index is -0.316. The van der Waals surface area contributed by atoms with E-state index >= 15 is 0 Å². The number of benzene rings is 1. The van der Waals surface area contributed by atoms with Gasteiger partial charge in [0.2, 0.25) is 0 Å².